The molecular weight excluding hydrogens is 339 g/mol. The van der Waals surface area contributed by atoms with Gasteiger partial charge in [0.1, 0.15) is 16.5 Å². The van der Waals surface area contributed by atoms with Gasteiger partial charge in [0.05, 0.1) is 5.02 Å². The van der Waals surface area contributed by atoms with E-state index in [-0.39, 0.29) is 16.8 Å². The molecule has 0 aliphatic heterocycles. The molecule has 5 nitrogen and oxygen atoms in total. The highest BCUT2D eigenvalue weighted by Crippen LogP contribution is 2.27. The number of thiazole rings is 1. The molecule has 8 heteroatoms. The topological polar surface area (TPSA) is 59.3 Å². The van der Waals surface area contributed by atoms with Crippen LogP contribution in [0.5, 0.6) is 0 Å². The highest BCUT2D eigenvalue weighted by Gasteiger charge is 2.21. The van der Waals surface area contributed by atoms with Gasteiger partial charge < -0.3 is 5.32 Å². The Bertz CT molecular complexity index is 902. The van der Waals surface area contributed by atoms with E-state index in [4.69, 9.17) is 11.6 Å². The molecule has 1 amide bonds. The molecule has 0 radical (unpaired) electrons. The minimum absolute atomic E-state index is 0.0354. The van der Waals surface area contributed by atoms with E-state index < -0.39 is 5.82 Å². The second-order valence-electron chi connectivity index (χ2n) is 5.43. The smallest absolute Gasteiger partial charge is 0.267 e. The number of fused-ring (bicyclic) bond motifs is 1. The maximum absolute atomic E-state index is 13.2. The van der Waals surface area contributed by atoms with Crippen LogP contribution >= 0.6 is 22.9 Å². The largest absolute Gasteiger partial charge is 0.321 e. The third-order valence-corrected chi connectivity index (χ3v) is 4.84. The quantitative estimate of drug-likeness (QED) is 0.765. The molecule has 0 saturated heterocycles. The number of carbonyl (C=O) groups excluding carboxylic acids is 1. The zero-order chi connectivity index (χ0) is 16.7. The molecule has 3 aromatic rings. The van der Waals surface area contributed by atoms with E-state index >= 15 is 0 Å². The van der Waals surface area contributed by atoms with Gasteiger partial charge in [-0.05, 0) is 25.1 Å². The van der Waals surface area contributed by atoms with Gasteiger partial charge in [0, 0.05) is 17.3 Å². The third kappa shape index (κ3) is 2.82. The molecule has 0 fully saturated rings. The second-order valence-corrected chi connectivity index (χ2v) is 6.82. The Morgan fingerprint density at radius 2 is 2.13 bits per heavy atom. The van der Waals surface area contributed by atoms with Crippen LogP contribution in [-0.4, -0.2) is 20.5 Å². The number of benzene rings is 1. The van der Waals surface area contributed by atoms with Crippen molar-refractivity contribution < 1.29 is 9.18 Å². The number of amides is 1. The van der Waals surface area contributed by atoms with Gasteiger partial charge in [0.25, 0.3) is 5.91 Å². The Labute approximate surface area is 141 Å². The number of anilines is 1. The van der Waals surface area contributed by atoms with E-state index in [9.17, 15) is 9.18 Å². The summed E-state index contributed by atoms with van der Waals surface area (Å²) in [5.74, 6) is 0.209. The van der Waals surface area contributed by atoms with Crippen LogP contribution in [0.15, 0.2) is 18.2 Å². The number of aromatic nitrogens is 3. The SMILES string of the molecule is Cc1c(C(=O)Nc2ccc(F)c(Cl)c2)sc2nnc(C(C)C)n12. The summed E-state index contributed by atoms with van der Waals surface area (Å²) in [5.41, 5.74) is 1.22. The predicted molar refractivity (Wildman–Crippen MR) is 89.1 cm³/mol. The molecule has 0 atom stereocenters. The summed E-state index contributed by atoms with van der Waals surface area (Å²) < 4.78 is 15.1. The van der Waals surface area contributed by atoms with Gasteiger partial charge in [-0.1, -0.05) is 36.8 Å². The molecule has 2 aromatic heterocycles. The Kier molecular flexibility index (Phi) is 4.08. The molecule has 23 heavy (non-hydrogen) atoms. The van der Waals surface area contributed by atoms with E-state index in [0.717, 1.165) is 11.5 Å². The van der Waals surface area contributed by atoms with Gasteiger partial charge >= 0.3 is 0 Å². The van der Waals surface area contributed by atoms with E-state index in [0.29, 0.717) is 15.5 Å². The molecular formula is C15H14ClFN4OS. The van der Waals surface area contributed by atoms with Gasteiger partial charge in [0.2, 0.25) is 4.96 Å². The minimum atomic E-state index is -0.525. The van der Waals surface area contributed by atoms with E-state index in [2.05, 4.69) is 15.5 Å². The van der Waals surface area contributed by atoms with Crippen molar-refractivity contribution in [2.45, 2.75) is 26.7 Å². The van der Waals surface area contributed by atoms with Crippen LogP contribution < -0.4 is 5.32 Å². The van der Waals surface area contributed by atoms with E-state index in [1.807, 2.05) is 25.2 Å². The Morgan fingerprint density at radius 3 is 2.78 bits per heavy atom. The number of nitrogens with one attached hydrogen (secondary N) is 1. The highest BCUT2D eigenvalue weighted by molar-refractivity contribution is 7.19. The number of hydrogen-bond donors (Lipinski definition) is 1. The van der Waals surface area contributed by atoms with Crippen LogP contribution in [0.2, 0.25) is 5.02 Å². The van der Waals surface area contributed by atoms with Gasteiger partial charge in [-0.2, -0.15) is 0 Å². The monoisotopic (exact) mass is 352 g/mol. The van der Waals surface area contributed by atoms with Crippen molar-refractivity contribution in [1.82, 2.24) is 14.6 Å². The average molecular weight is 353 g/mol. The maximum Gasteiger partial charge on any atom is 0.267 e. The molecule has 2 heterocycles. The lowest BCUT2D eigenvalue weighted by atomic mass is 10.2. The van der Waals surface area contributed by atoms with Crippen molar-refractivity contribution in [1.29, 1.82) is 0 Å². The molecule has 0 spiro atoms. The van der Waals surface area contributed by atoms with Crippen molar-refractivity contribution in [3.8, 4) is 0 Å². The van der Waals surface area contributed by atoms with E-state index in [1.54, 1.807) is 0 Å². The fraction of sp³-hybridized carbons (Fsp3) is 0.267. The first-order chi connectivity index (χ1) is 10.9. The molecule has 3 rings (SSSR count). The molecule has 0 saturated carbocycles. The van der Waals surface area contributed by atoms with Crippen molar-refractivity contribution in [3.63, 3.8) is 0 Å². The summed E-state index contributed by atoms with van der Waals surface area (Å²) in [6, 6.07) is 4.06. The van der Waals surface area contributed by atoms with Crippen molar-refractivity contribution in [2.75, 3.05) is 5.32 Å². The van der Waals surface area contributed by atoms with Gasteiger partial charge in [0.15, 0.2) is 0 Å². The van der Waals surface area contributed by atoms with Gasteiger partial charge in [-0.25, -0.2) is 4.39 Å². The molecule has 1 aromatic carbocycles. The fourth-order valence-corrected chi connectivity index (χ4v) is 3.42. The summed E-state index contributed by atoms with van der Waals surface area (Å²) in [5, 5.41) is 11.0. The van der Waals surface area contributed by atoms with Crippen LogP contribution in [0.1, 0.15) is 41.0 Å². The van der Waals surface area contributed by atoms with Crippen LogP contribution in [0, 0.1) is 12.7 Å². The first-order valence-electron chi connectivity index (χ1n) is 6.99. The zero-order valence-corrected chi connectivity index (χ0v) is 14.3. The normalized spacial score (nSPS) is 11.4. The Balaban J connectivity index is 1.94. The number of halogens is 2. The van der Waals surface area contributed by atoms with Crippen molar-refractivity contribution in [3.05, 3.63) is 45.4 Å². The Morgan fingerprint density at radius 1 is 1.39 bits per heavy atom. The molecule has 120 valence electrons. The first kappa shape index (κ1) is 15.9. The predicted octanol–water partition coefficient (Wildman–Crippen LogP) is 4.27. The molecule has 1 N–H and O–H groups in total. The summed E-state index contributed by atoms with van der Waals surface area (Å²) >= 11 is 7.00. The van der Waals surface area contributed by atoms with E-state index in [1.165, 1.54) is 29.5 Å². The lowest BCUT2D eigenvalue weighted by Gasteiger charge is -2.06. The summed E-state index contributed by atoms with van der Waals surface area (Å²) in [6.45, 7) is 5.90. The van der Waals surface area contributed by atoms with Crippen molar-refractivity contribution >= 4 is 39.5 Å². The zero-order valence-electron chi connectivity index (χ0n) is 12.7. The summed E-state index contributed by atoms with van der Waals surface area (Å²) in [6.07, 6.45) is 0. The van der Waals surface area contributed by atoms with Crippen LogP contribution in [0.25, 0.3) is 4.96 Å². The highest BCUT2D eigenvalue weighted by atomic mass is 35.5. The number of rotatable bonds is 3. The fourth-order valence-electron chi connectivity index (χ4n) is 2.28. The molecule has 0 aliphatic carbocycles. The van der Waals surface area contributed by atoms with Crippen LogP contribution in [0.3, 0.4) is 0 Å². The van der Waals surface area contributed by atoms with Gasteiger partial charge in [-0.3, -0.25) is 9.20 Å². The molecule has 0 unspecified atom stereocenters. The number of nitrogens with zero attached hydrogens (tertiary/aromatic N) is 3. The van der Waals surface area contributed by atoms with Gasteiger partial charge in [-0.15, -0.1) is 10.2 Å². The number of hydrogen-bond acceptors (Lipinski definition) is 4. The lowest BCUT2D eigenvalue weighted by Crippen LogP contribution is -2.12. The number of aryl methyl sites for hydroxylation is 1. The number of carbonyl (C=O) groups is 1. The Hall–Kier alpha value is -1.99. The molecule has 0 aliphatic rings. The maximum atomic E-state index is 13.2. The van der Waals surface area contributed by atoms with Crippen LogP contribution in [0.4, 0.5) is 10.1 Å². The van der Waals surface area contributed by atoms with Crippen molar-refractivity contribution in [2.24, 2.45) is 0 Å². The standard InChI is InChI=1S/C15H14ClFN4OS/c1-7(2)13-19-20-15-21(13)8(3)12(23-15)14(22)18-9-4-5-11(17)10(16)6-9/h4-7H,1-3H3,(H,18,22). The third-order valence-electron chi connectivity index (χ3n) is 3.42. The second kappa shape index (κ2) is 5.90. The summed E-state index contributed by atoms with van der Waals surface area (Å²) in [4.78, 5) is 13.7. The minimum Gasteiger partial charge on any atom is -0.321 e. The lowest BCUT2D eigenvalue weighted by molar-refractivity contribution is 0.102. The summed E-state index contributed by atoms with van der Waals surface area (Å²) in [7, 11) is 0. The molecule has 0 bridgehead atoms. The first-order valence-corrected chi connectivity index (χ1v) is 8.18. The average Bonchev–Trinajstić information content (AvgIpc) is 3.04. The van der Waals surface area contributed by atoms with Crippen LogP contribution in [-0.2, 0) is 0 Å².